The van der Waals surface area contributed by atoms with Gasteiger partial charge in [0.05, 0.1) is 5.25 Å². The molecule has 1 aromatic carbocycles. The molecule has 0 bridgehead atoms. The van der Waals surface area contributed by atoms with Crippen LogP contribution in [0.15, 0.2) is 58.0 Å². The summed E-state index contributed by atoms with van der Waals surface area (Å²) in [7, 11) is 0. The summed E-state index contributed by atoms with van der Waals surface area (Å²) >= 11 is 6.05. The number of carbonyl (C=O) groups excluding carboxylic acids is 2. The van der Waals surface area contributed by atoms with Gasteiger partial charge < -0.3 is 0 Å². The lowest BCUT2D eigenvalue weighted by Gasteiger charge is -2.13. The van der Waals surface area contributed by atoms with Crippen LogP contribution in [0, 0.1) is 0 Å². The third-order valence-electron chi connectivity index (χ3n) is 3.48. The van der Waals surface area contributed by atoms with Crippen molar-refractivity contribution in [3.8, 4) is 0 Å². The van der Waals surface area contributed by atoms with Crippen molar-refractivity contribution in [1.82, 2.24) is 9.88 Å². The van der Waals surface area contributed by atoms with E-state index in [2.05, 4.69) is 32.5 Å². The van der Waals surface area contributed by atoms with Gasteiger partial charge in [0.2, 0.25) is 11.0 Å². The molecule has 1 aliphatic rings. The molecule has 2 aromatic rings. The van der Waals surface area contributed by atoms with E-state index in [1.807, 2.05) is 17.5 Å². The predicted octanol–water partition coefficient (Wildman–Crippen LogP) is 4.30. The number of carbonyl (C=O) groups is 2. The molecule has 0 aliphatic carbocycles. The second-order valence-corrected chi connectivity index (χ2v) is 8.15. The van der Waals surface area contributed by atoms with Gasteiger partial charge in [-0.25, -0.2) is 4.98 Å². The summed E-state index contributed by atoms with van der Waals surface area (Å²) in [6, 6.07) is 7.14. The zero-order valence-corrected chi connectivity index (χ0v) is 16.3. The molecule has 0 spiro atoms. The van der Waals surface area contributed by atoms with Crippen LogP contribution in [0.25, 0.3) is 0 Å². The van der Waals surface area contributed by atoms with Gasteiger partial charge in [0.25, 0.3) is 0 Å². The number of aromatic nitrogens is 1. The number of nitrogens with zero attached hydrogens (tertiary/aromatic N) is 3. The number of Topliss-reactive ketones (excluding diaryl/α,β-unsaturated/α-hetero) is 1. The van der Waals surface area contributed by atoms with Crippen LogP contribution in [0.5, 0.6) is 0 Å². The highest BCUT2D eigenvalue weighted by Gasteiger charge is 2.38. The molecular formula is C17H14BrN3O2S2. The number of ketones is 1. The number of benzene rings is 1. The van der Waals surface area contributed by atoms with Gasteiger partial charge in [-0.05, 0) is 12.1 Å². The molecular weight excluding hydrogens is 422 g/mol. The minimum absolute atomic E-state index is 0.0626. The van der Waals surface area contributed by atoms with E-state index in [1.54, 1.807) is 29.3 Å². The van der Waals surface area contributed by atoms with E-state index in [4.69, 9.17) is 0 Å². The largest absolute Gasteiger partial charge is 0.294 e. The van der Waals surface area contributed by atoms with Crippen LogP contribution in [0.1, 0.15) is 16.8 Å². The van der Waals surface area contributed by atoms with E-state index >= 15 is 0 Å². The fraction of sp³-hybridized carbons (Fsp3) is 0.176. The Hall–Kier alpha value is -1.77. The molecule has 0 N–H and O–H groups in total. The number of thiazole rings is 1. The Labute approximate surface area is 162 Å². The minimum Gasteiger partial charge on any atom is -0.294 e. The van der Waals surface area contributed by atoms with Crippen molar-refractivity contribution in [3.63, 3.8) is 0 Å². The quantitative estimate of drug-likeness (QED) is 0.501. The Kier molecular flexibility index (Phi) is 5.82. The van der Waals surface area contributed by atoms with Crippen molar-refractivity contribution in [2.75, 3.05) is 6.54 Å². The Bertz CT molecular complexity index is 819. The van der Waals surface area contributed by atoms with E-state index in [0.717, 1.165) is 4.47 Å². The molecule has 1 aliphatic heterocycles. The molecule has 0 radical (unpaired) electrons. The van der Waals surface area contributed by atoms with Crippen LogP contribution in [0.4, 0.5) is 5.13 Å². The molecule has 25 heavy (non-hydrogen) atoms. The lowest BCUT2D eigenvalue weighted by Crippen LogP contribution is -2.32. The molecule has 1 amide bonds. The fourth-order valence-corrected chi connectivity index (χ4v) is 4.27. The second kappa shape index (κ2) is 8.07. The zero-order chi connectivity index (χ0) is 17.8. The molecule has 0 saturated carbocycles. The fourth-order valence-electron chi connectivity index (χ4n) is 2.30. The highest BCUT2D eigenvalue weighted by molar-refractivity contribution is 9.10. The van der Waals surface area contributed by atoms with Crippen LogP contribution in [-0.4, -0.2) is 38.5 Å². The maximum absolute atomic E-state index is 12.7. The molecule has 2 heterocycles. The van der Waals surface area contributed by atoms with Crippen molar-refractivity contribution in [3.05, 3.63) is 58.5 Å². The Morgan fingerprint density at radius 2 is 2.16 bits per heavy atom. The summed E-state index contributed by atoms with van der Waals surface area (Å²) < 4.78 is 0.908. The van der Waals surface area contributed by atoms with Gasteiger partial charge in [-0.1, -0.05) is 45.9 Å². The van der Waals surface area contributed by atoms with Gasteiger partial charge in [-0.15, -0.1) is 17.9 Å². The van der Waals surface area contributed by atoms with Crippen molar-refractivity contribution in [1.29, 1.82) is 0 Å². The van der Waals surface area contributed by atoms with Crippen molar-refractivity contribution < 1.29 is 9.59 Å². The predicted molar refractivity (Wildman–Crippen MR) is 106 cm³/mol. The SMILES string of the molecule is C=CCN1C(=O)C(CC(=O)c2ccc(Br)cc2)S/C1=N/c1nccs1. The molecule has 1 atom stereocenters. The van der Waals surface area contributed by atoms with Crippen LogP contribution in [-0.2, 0) is 4.79 Å². The molecule has 128 valence electrons. The number of hydrogen-bond acceptors (Lipinski definition) is 6. The lowest BCUT2D eigenvalue weighted by molar-refractivity contribution is -0.125. The third kappa shape index (κ3) is 4.26. The molecule has 1 aromatic heterocycles. The van der Waals surface area contributed by atoms with Crippen molar-refractivity contribution >= 4 is 61.0 Å². The molecule has 8 heteroatoms. The second-order valence-electron chi connectivity index (χ2n) is 5.19. The summed E-state index contributed by atoms with van der Waals surface area (Å²) in [5.74, 6) is -0.182. The third-order valence-corrected chi connectivity index (χ3v) is 5.85. The zero-order valence-electron chi connectivity index (χ0n) is 13.1. The van der Waals surface area contributed by atoms with E-state index in [-0.39, 0.29) is 18.1 Å². The number of rotatable bonds is 6. The van der Waals surface area contributed by atoms with Crippen LogP contribution in [0.2, 0.25) is 0 Å². The first-order valence-electron chi connectivity index (χ1n) is 7.44. The number of thioether (sulfide) groups is 1. The van der Waals surface area contributed by atoms with Gasteiger partial charge in [-0.3, -0.25) is 14.5 Å². The van der Waals surface area contributed by atoms with E-state index < -0.39 is 5.25 Å². The molecule has 1 unspecified atom stereocenters. The lowest BCUT2D eigenvalue weighted by atomic mass is 10.1. The topological polar surface area (TPSA) is 62.6 Å². The van der Waals surface area contributed by atoms with Gasteiger partial charge >= 0.3 is 0 Å². The normalized spacial score (nSPS) is 18.8. The first-order valence-corrected chi connectivity index (χ1v) is 9.99. The molecule has 1 saturated heterocycles. The van der Waals surface area contributed by atoms with Gasteiger partial charge in [0.15, 0.2) is 11.0 Å². The highest BCUT2D eigenvalue weighted by Crippen LogP contribution is 2.32. The summed E-state index contributed by atoms with van der Waals surface area (Å²) in [6.45, 7) is 4.05. The maximum Gasteiger partial charge on any atom is 0.242 e. The van der Waals surface area contributed by atoms with Crippen LogP contribution >= 0.6 is 39.0 Å². The number of aliphatic imine (C=N–C) groups is 1. The number of amidine groups is 1. The van der Waals surface area contributed by atoms with Gasteiger partial charge in [0.1, 0.15) is 0 Å². The van der Waals surface area contributed by atoms with Crippen molar-refractivity contribution in [2.45, 2.75) is 11.7 Å². The summed E-state index contributed by atoms with van der Waals surface area (Å²) in [4.78, 5) is 35.2. The number of halogens is 1. The average Bonchev–Trinajstić information content (AvgIpc) is 3.20. The van der Waals surface area contributed by atoms with E-state index in [9.17, 15) is 9.59 Å². The van der Waals surface area contributed by atoms with Gasteiger partial charge in [0, 0.05) is 34.6 Å². The van der Waals surface area contributed by atoms with Crippen LogP contribution in [0.3, 0.4) is 0 Å². The minimum atomic E-state index is -0.477. The first kappa shape index (κ1) is 18.0. The number of hydrogen-bond donors (Lipinski definition) is 0. The highest BCUT2D eigenvalue weighted by atomic mass is 79.9. The van der Waals surface area contributed by atoms with E-state index in [0.29, 0.717) is 22.4 Å². The summed E-state index contributed by atoms with van der Waals surface area (Å²) in [5.41, 5.74) is 0.595. The average molecular weight is 436 g/mol. The monoisotopic (exact) mass is 435 g/mol. The maximum atomic E-state index is 12.7. The smallest absolute Gasteiger partial charge is 0.242 e. The van der Waals surface area contributed by atoms with Gasteiger partial charge in [-0.2, -0.15) is 4.99 Å². The van der Waals surface area contributed by atoms with E-state index in [1.165, 1.54) is 23.1 Å². The summed E-state index contributed by atoms with van der Waals surface area (Å²) in [6.07, 6.45) is 3.45. The van der Waals surface area contributed by atoms with Crippen molar-refractivity contribution in [2.24, 2.45) is 4.99 Å². The molecule has 5 nitrogen and oxygen atoms in total. The Balaban J connectivity index is 1.78. The first-order chi connectivity index (χ1) is 12.1. The summed E-state index contributed by atoms with van der Waals surface area (Å²) in [5, 5.41) is 2.50. The number of amides is 1. The Morgan fingerprint density at radius 1 is 1.40 bits per heavy atom. The molecule has 3 rings (SSSR count). The standard InChI is InChI=1S/C17H14BrN3O2S2/c1-2-8-21-15(23)14(25-17(21)20-16-19-7-9-24-16)10-13(22)11-3-5-12(18)6-4-11/h2-7,9,14H,1,8,10H2/b20-17+. The molecule has 1 fully saturated rings. The Morgan fingerprint density at radius 3 is 2.80 bits per heavy atom. The van der Waals surface area contributed by atoms with Crippen LogP contribution < -0.4 is 0 Å².